The molecule has 0 aliphatic heterocycles. The Morgan fingerprint density at radius 3 is 1.35 bits per heavy atom. The number of unbranched alkanes of at least 4 members (excludes halogenated alkanes) is 23. The normalized spacial score (nSPS) is 13.8. The number of esters is 2. The van der Waals surface area contributed by atoms with Crippen molar-refractivity contribution in [3.05, 3.63) is 24.3 Å². The van der Waals surface area contributed by atoms with Gasteiger partial charge in [0.05, 0.1) is 27.7 Å². The fourth-order valence-corrected chi connectivity index (χ4v) is 6.84. The van der Waals surface area contributed by atoms with Crippen LogP contribution in [0.25, 0.3) is 0 Å². The average Bonchev–Trinajstić information content (AvgIpc) is 3.13. The molecule has 0 bridgehead atoms. The van der Waals surface area contributed by atoms with Gasteiger partial charge in [0.2, 0.25) is 0 Å². The van der Waals surface area contributed by atoms with E-state index in [1.54, 1.807) is 0 Å². The molecular weight excluding hydrogens is 713 g/mol. The monoisotopic (exact) mass is 800 g/mol. The molecule has 0 aromatic carbocycles. The molecule has 10 heteroatoms. The van der Waals surface area contributed by atoms with E-state index < -0.39 is 32.5 Å². The van der Waals surface area contributed by atoms with E-state index in [9.17, 15) is 19.0 Å². The number of hydrogen-bond donors (Lipinski definition) is 0. The van der Waals surface area contributed by atoms with Gasteiger partial charge in [-0.3, -0.25) is 14.2 Å². The Morgan fingerprint density at radius 1 is 0.545 bits per heavy atom. The van der Waals surface area contributed by atoms with Crippen LogP contribution in [-0.2, 0) is 32.7 Å². The number of carbonyl (C=O) groups excluding carboxylic acids is 2. The zero-order valence-corrected chi connectivity index (χ0v) is 37.3. The first-order valence-corrected chi connectivity index (χ1v) is 24.0. The Kier molecular flexibility index (Phi) is 37.0. The molecule has 324 valence electrons. The molecule has 0 N–H and O–H groups in total. The Morgan fingerprint density at radius 2 is 0.927 bits per heavy atom. The summed E-state index contributed by atoms with van der Waals surface area (Å²) >= 11 is 0. The molecule has 0 spiro atoms. The van der Waals surface area contributed by atoms with Crippen molar-refractivity contribution in [3.8, 4) is 0 Å². The molecule has 2 atom stereocenters. The zero-order chi connectivity index (χ0) is 40.7. The van der Waals surface area contributed by atoms with Gasteiger partial charge in [0, 0.05) is 12.8 Å². The number of phosphoric acid groups is 1. The molecule has 0 rings (SSSR count). The van der Waals surface area contributed by atoms with Gasteiger partial charge in [0.25, 0.3) is 7.82 Å². The summed E-state index contributed by atoms with van der Waals surface area (Å²) in [6, 6.07) is 0. The van der Waals surface area contributed by atoms with Gasteiger partial charge in [-0.1, -0.05) is 147 Å². The van der Waals surface area contributed by atoms with Crippen molar-refractivity contribution in [2.24, 2.45) is 0 Å². The fraction of sp³-hybridized carbons (Fsp3) is 0.867. The Balaban J connectivity index is 4.36. The highest BCUT2D eigenvalue weighted by Gasteiger charge is 2.21. The molecule has 9 nitrogen and oxygen atoms in total. The van der Waals surface area contributed by atoms with Gasteiger partial charge < -0.3 is 27.9 Å². The molecule has 0 saturated carbocycles. The minimum Gasteiger partial charge on any atom is -0.756 e. The summed E-state index contributed by atoms with van der Waals surface area (Å²) in [7, 11) is 1.16. The van der Waals surface area contributed by atoms with Crippen LogP contribution in [0.3, 0.4) is 0 Å². The Hall–Kier alpha value is -1.51. The lowest BCUT2D eigenvalue weighted by Gasteiger charge is -2.28. The molecule has 0 saturated heterocycles. The SMILES string of the molecule is CCCCCCCC/C=C\CCCCCCCC(=O)OC[C@H](COP(=O)([O-])OCC[N+](C)(C)C)OC(=O)CCCCCCC/C=C\CCCCCCCCC. The second-order valence-electron chi connectivity index (χ2n) is 16.4. The van der Waals surface area contributed by atoms with Crippen molar-refractivity contribution in [1.82, 2.24) is 0 Å². The number of quaternary nitrogens is 1. The summed E-state index contributed by atoms with van der Waals surface area (Å²) in [6.07, 6.45) is 40.5. The highest BCUT2D eigenvalue weighted by Crippen LogP contribution is 2.38. The molecule has 0 aliphatic rings. The third-order valence-electron chi connectivity index (χ3n) is 9.69. The smallest absolute Gasteiger partial charge is 0.306 e. The number of likely N-dealkylation sites (N-methyl/N-ethyl adjacent to an activating group) is 1. The van der Waals surface area contributed by atoms with Crippen molar-refractivity contribution in [2.75, 3.05) is 47.5 Å². The largest absolute Gasteiger partial charge is 0.756 e. The summed E-state index contributed by atoms with van der Waals surface area (Å²) in [5.74, 6) is -0.849. The van der Waals surface area contributed by atoms with E-state index in [2.05, 4.69) is 38.2 Å². The molecule has 0 radical (unpaired) electrons. The van der Waals surface area contributed by atoms with Crippen LogP contribution < -0.4 is 4.89 Å². The number of allylic oxidation sites excluding steroid dienone is 4. The molecule has 55 heavy (non-hydrogen) atoms. The number of ether oxygens (including phenoxy) is 2. The van der Waals surface area contributed by atoms with Crippen LogP contribution in [0, 0.1) is 0 Å². The molecule has 0 fully saturated rings. The summed E-state index contributed by atoms with van der Waals surface area (Å²) in [4.78, 5) is 37.5. The van der Waals surface area contributed by atoms with Crippen LogP contribution in [0.15, 0.2) is 24.3 Å². The van der Waals surface area contributed by atoms with Gasteiger partial charge in [-0.15, -0.1) is 0 Å². The first kappa shape index (κ1) is 53.5. The van der Waals surface area contributed by atoms with E-state index in [0.717, 1.165) is 70.6 Å². The number of nitrogens with zero attached hydrogens (tertiary/aromatic N) is 1. The van der Waals surface area contributed by atoms with Crippen LogP contribution >= 0.6 is 7.82 Å². The van der Waals surface area contributed by atoms with Gasteiger partial charge in [0.15, 0.2) is 6.10 Å². The average molecular weight is 800 g/mol. The highest BCUT2D eigenvalue weighted by atomic mass is 31.2. The maximum absolute atomic E-state index is 12.7. The summed E-state index contributed by atoms with van der Waals surface area (Å²) in [5, 5.41) is 0. The van der Waals surface area contributed by atoms with E-state index in [4.69, 9.17) is 18.5 Å². The van der Waals surface area contributed by atoms with Gasteiger partial charge in [-0.05, 0) is 64.2 Å². The molecule has 0 aromatic rings. The lowest BCUT2D eigenvalue weighted by molar-refractivity contribution is -0.870. The van der Waals surface area contributed by atoms with Crippen LogP contribution in [-0.4, -0.2) is 70.0 Å². The maximum atomic E-state index is 12.7. The second kappa shape index (κ2) is 38.0. The summed E-state index contributed by atoms with van der Waals surface area (Å²) < 4.78 is 33.9. The van der Waals surface area contributed by atoms with Gasteiger partial charge >= 0.3 is 11.9 Å². The molecule has 0 amide bonds. The standard InChI is InChI=1S/C45H86NO8P/c1-6-8-10-12-14-16-18-20-22-24-26-28-30-32-34-36-38-45(48)54-43(42-53-55(49,50)52-40-39-46(3,4)5)41-51-44(47)37-35-33-31-29-27-25-23-21-19-17-15-13-11-9-7-2/h21-24,43H,6-20,25-42H2,1-5H3/b23-21-,24-22-/t43-/m1/s1. The van der Waals surface area contributed by atoms with Crippen molar-refractivity contribution < 1.29 is 42.1 Å². The van der Waals surface area contributed by atoms with Crippen LogP contribution in [0.2, 0.25) is 0 Å². The van der Waals surface area contributed by atoms with Gasteiger partial charge in [-0.25, -0.2) is 0 Å². The Bertz CT molecular complexity index is 996. The summed E-state index contributed by atoms with van der Waals surface area (Å²) in [6.45, 7) is 4.21. The lowest BCUT2D eigenvalue weighted by Crippen LogP contribution is -2.37. The second-order valence-corrected chi connectivity index (χ2v) is 17.8. The highest BCUT2D eigenvalue weighted by molar-refractivity contribution is 7.45. The molecule has 0 heterocycles. The maximum Gasteiger partial charge on any atom is 0.306 e. The van der Waals surface area contributed by atoms with Crippen LogP contribution in [0.4, 0.5) is 0 Å². The number of phosphoric ester groups is 1. The van der Waals surface area contributed by atoms with Crippen molar-refractivity contribution in [1.29, 1.82) is 0 Å². The van der Waals surface area contributed by atoms with Crippen LogP contribution in [0.5, 0.6) is 0 Å². The third kappa shape index (κ3) is 41.9. The van der Waals surface area contributed by atoms with E-state index >= 15 is 0 Å². The quantitative estimate of drug-likeness (QED) is 0.0198. The molecule has 1 unspecified atom stereocenters. The Labute approximate surface area is 339 Å². The topological polar surface area (TPSA) is 111 Å². The fourth-order valence-electron chi connectivity index (χ4n) is 6.11. The minimum atomic E-state index is -4.63. The first-order chi connectivity index (χ1) is 26.5. The van der Waals surface area contributed by atoms with Crippen molar-refractivity contribution >= 4 is 19.8 Å². The zero-order valence-electron chi connectivity index (χ0n) is 36.4. The van der Waals surface area contributed by atoms with Gasteiger partial charge in [0.1, 0.15) is 19.8 Å². The predicted octanol–water partition coefficient (Wildman–Crippen LogP) is 12.1. The van der Waals surface area contributed by atoms with E-state index in [-0.39, 0.29) is 26.1 Å². The van der Waals surface area contributed by atoms with Gasteiger partial charge in [-0.2, -0.15) is 0 Å². The number of hydrogen-bond acceptors (Lipinski definition) is 8. The number of carbonyl (C=O) groups is 2. The first-order valence-electron chi connectivity index (χ1n) is 22.5. The molecule has 0 aromatic heterocycles. The lowest BCUT2D eigenvalue weighted by atomic mass is 10.1. The molecule has 0 aliphatic carbocycles. The van der Waals surface area contributed by atoms with Crippen molar-refractivity contribution in [2.45, 2.75) is 206 Å². The van der Waals surface area contributed by atoms with E-state index in [0.29, 0.717) is 17.4 Å². The minimum absolute atomic E-state index is 0.0325. The number of rotatable bonds is 41. The van der Waals surface area contributed by atoms with E-state index in [1.165, 1.54) is 96.3 Å². The third-order valence-corrected chi connectivity index (χ3v) is 10.7. The van der Waals surface area contributed by atoms with Crippen molar-refractivity contribution in [3.63, 3.8) is 0 Å². The summed E-state index contributed by atoms with van der Waals surface area (Å²) in [5.41, 5.74) is 0. The molecular formula is C45H86NO8P. The predicted molar refractivity (Wildman–Crippen MR) is 227 cm³/mol. The van der Waals surface area contributed by atoms with Crippen LogP contribution in [0.1, 0.15) is 200 Å². The van der Waals surface area contributed by atoms with E-state index in [1.807, 2.05) is 21.1 Å².